The van der Waals surface area contributed by atoms with E-state index in [1.807, 2.05) is 0 Å². The predicted octanol–water partition coefficient (Wildman–Crippen LogP) is 4.19. The van der Waals surface area contributed by atoms with E-state index in [0.717, 1.165) is 10.0 Å². The first-order chi connectivity index (χ1) is 5.95. The number of nitrogens with zero attached hydrogens (tertiary/aromatic N) is 1. The summed E-state index contributed by atoms with van der Waals surface area (Å²) in [7, 11) is 0. The molecule has 6 heteroatoms. The Kier molecular flexibility index (Phi) is 3.48. The molecule has 1 rings (SSSR count). The Bertz CT molecular complexity index is 378. The highest BCUT2D eigenvalue weighted by molar-refractivity contribution is 9.14. The smallest absolute Gasteiger partial charge is 0.258 e. The van der Waals surface area contributed by atoms with Gasteiger partial charge in [-0.1, -0.05) is 0 Å². The van der Waals surface area contributed by atoms with Crippen LogP contribution in [0.3, 0.4) is 0 Å². The van der Waals surface area contributed by atoms with Gasteiger partial charge in [0.15, 0.2) is 0 Å². The van der Waals surface area contributed by atoms with Gasteiger partial charge in [0.1, 0.15) is 4.47 Å². The van der Waals surface area contributed by atoms with Crippen molar-refractivity contribution in [2.45, 2.75) is 6.92 Å². The number of aryl methyl sites for hydroxylation is 1. The maximum atomic E-state index is 10.6. The summed E-state index contributed by atoms with van der Waals surface area (Å²) in [6, 6.07) is 1.51. The average molecular weight is 374 g/mol. The van der Waals surface area contributed by atoms with Crippen molar-refractivity contribution >= 4 is 53.5 Å². The van der Waals surface area contributed by atoms with E-state index in [1.165, 1.54) is 6.07 Å². The fourth-order valence-electron chi connectivity index (χ4n) is 0.847. The zero-order chi connectivity index (χ0) is 10.2. The van der Waals surface area contributed by atoms with Gasteiger partial charge >= 0.3 is 0 Å². The van der Waals surface area contributed by atoms with Crippen LogP contribution in [0.2, 0.25) is 0 Å². The first-order valence-corrected chi connectivity index (χ1v) is 5.61. The Hall–Kier alpha value is 0.0600. The zero-order valence-electron chi connectivity index (χ0n) is 6.47. The van der Waals surface area contributed by atoms with Crippen LogP contribution in [0, 0.1) is 17.0 Å². The number of benzene rings is 1. The van der Waals surface area contributed by atoms with Crippen LogP contribution < -0.4 is 0 Å². The second-order valence-electron chi connectivity index (χ2n) is 2.41. The summed E-state index contributed by atoms with van der Waals surface area (Å²) in [5.41, 5.74) is 0.884. The van der Waals surface area contributed by atoms with E-state index in [0.29, 0.717) is 8.95 Å². The number of halogens is 3. The third kappa shape index (κ3) is 2.11. The molecule has 0 saturated carbocycles. The first kappa shape index (κ1) is 11.1. The summed E-state index contributed by atoms with van der Waals surface area (Å²) < 4.78 is 1.94. The van der Waals surface area contributed by atoms with Crippen molar-refractivity contribution in [2.75, 3.05) is 0 Å². The Morgan fingerprint density at radius 1 is 1.23 bits per heavy atom. The van der Waals surface area contributed by atoms with Crippen molar-refractivity contribution in [3.05, 3.63) is 35.2 Å². The predicted molar refractivity (Wildman–Crippen MR) is 60.9 cm³/mol. The molecular weight excluding hydrogens is 370 g/mol. The van der Waals surface area contributed by atoms with E-state index in [-0.39, 0.29) is 5.69 Å². The van der Waals surface area contributed by atoms with Crippen molar-refractivity contribution in [2.24, 2.45) is 0 Å². The monoisotopic (exact) mass is 371 g/mol. The van der Waals surface area contributed by atoms with Crippen LogP contribution in [-0.4, -0.2) is 4.92 Å². The van der Waals surface area contributed by atoms with Gasteiger partial charge in [-0.05, 0) is 60.3 Å². The van der Waals surface area contributed by atoms with Gasteiger partial charge in [-0.15, -0.1) is 0 Å². The van der Waals surface area contributed by atoms with Crippen LogP contribution in [0.25, 0.3) is 0 Å². The molecule has 1 aromatic rings. The van der Waals surface area contributed by atoms with E-state index < -0.39 is 4.92 Å². The molecule has 70 valence electrons. The first-order valence-electron chi connectivity index (χ1n) is 3.23. The largest absolute Gasteiger partial charge is 0.284 e. The molecule has 3 nitrogen and oxygen atoms in total. The molecule has 0 aliphatic carbocycles. The maximum Gasteiger partial charge on any atom is 0.284 e. The fraction of sp³-hybridized carbons (Fsp3) is 0.143. The molecule has 0 radical (unpaired) electrons. The Morgan fingerprint density at radius 2 is 1.77 bits per heavy atom. The molecule has 0 amide bonds. The Balaban J connectivity index is 3.50. The van der Waals surface area contributed by atoms with Crippen LogP contribution >= 0.6 is 47.8 Å². The molecule has 0 N–H and O–H groups in total. The molecule has 0 saturated heterocycles. The van der Waals surface area contributed by atoms with Gasteiger partial charge in [-0.2, -0.15) is 0 Å². The fourth-order valence-corrected chi connectivity index (χ4v) is 2.40. The average Bonchev–Trinajstić information content (AvgIpc) is 2.07. The molecule has 0 aliphatic heterocycles. The summed E-state index contributed by atoms with van der Waals surface area (Å²) in [6.07, 6.45) is 0. The minimum Gasteiger partial charge on any atom is -0.258 e. The van der Waals surface area contributed by atoms with Crippen molar-refractivity contribution in [1.82, 2.24) is 0 Å². The highest BCUT2D eigenvalue weighted by Gasteiger charge is 2.18. The molecule has 0 spiro atoms. The topological polar surface area (TPSA) is 43.1 Å². The highest BCUT2D eigenvalue weighted by Crippen LogP contribution is 2.39. The van der Waals surface area contributed by atoms with Crippen molar-refractivity contribution in [1.29, 1.82) is 0 Å². The van der Waals surface area contributed by atoms with Crippen molar-refractivity contribution in [3.63, 3.8) is 0 Å². The normalized spacial score (nSPS) is 10.2. The van der Waals surface area contributed by atoms with Crippen LogP contribution in [0.15, 0.2) is 19.5 Å². The molecule has 1 aromatic carbocycles. The lowest BCUT2D eigenvalue weighted by Crippen LogP contribution is -1.92. The molecule has 0 unspecified atom stereocenters. The molecule has 0 bridgehead atoms. The van der Waals surface area contributed by atoms with Gasteiger partial charge in [0, 0.05) is 10.5 Å². The van der Waals surface area contributed by atoms with E-state index >= 15 is 0 Å². The number of nitro groups is 1. The Labute approximate surface area is 100 Å². The molecular formula is C7H4Br3NO2. The van der Waals surface area contributed by atoms with Crippen molar-refractivity contribution in [3.8, 4) is 0 Å². The van der Waals surface area contributed by atoms with E-state index in [1.54, 1.807) is 6.92 Å². The molecule has 13 heavy (non-hydrogen) atoms. The molecule has 0 aliphatic rings. The molecule has 0 aromatic heterocycles. The van der Waals surface area contributed by atoms with Gasteiger partial charge in [0.25, 0.3) is 5.69 Å². The third-order valence-electron chi connectivity index (χ3n) is 1.51. The van der Waals surface area contributed by atoms with Gasteiger partial charge in [-0.25, -0.2) is 0 Å². The van der Waals surface area contributed by atoms with Gasteiger partial charge in [0.05, 0.1) is 9.40 Å². The second kappa shape index (κ2) is 4.06. The van der Waals surface area contributed by atoms with Crippen LogP contribution in [0.5, 0.6) is 0 Å². The van der Waals surface area contributed by atoms with Crippen LogP contribution in [0.4, 0.5) is 5.69 Å². The number of nitro benzene ring substituents is 1. The molecule has 0 heterocycles. The van der Waals surface area contributed by atoms with Crippen molar-refractivity contribution < 1.29 is 4.92 Å². The van der Waals surface area contributed by atoms with E-state index in [4.69, 9.17) is 0 Å². The van der Waals surface area contributed by atoms with Crippen LogP contribution in [0.1, 0.15) is 5.56 Å². The van der Waals surface area contributed by atoms with E-state index in [9.17, 15) is 10.1 Å². The van der Waals surface area contributed by atoms with E-state index in [2.05, 4.69) is 47.8 Å². The van der Waals surface area contributed by atoms with Gasteiger partial charge in [0.2, 0.25) is 0 Å². The second-order valence-corrected chi connectivity index (χ2v) is 4.79. The summed E-state index contributed by atoms with van der Waals surface area (Å²) in [5, 5.41) is 10.6. The summed E-state index contributed by atoms with van der Waals surface area (Å²) in [6.45, 7) is 1.80. The number of hydrogen-bond donors (Lipinski definition) is 0. The standard InChI is InChI=1S/C7H4Br3NO2/c1-3-2-4(11(12)13)6(9)7(10)5(3)8/h2H,1H3. The minimum atomic E-state index is -0.422. The summed E-state index contributed by atoms with van der Waals surface area (Å²) in [5.74, 6) is 0. The number of hydrogen-bond acceptors (Lipinski definition) is 2. The van der Waals surface area contributed by atoms with Gasteiger partial charge < -0.3 is 0 Å². The Morgan fingerprint density at radius 3 is 2.23 bits per heavy atom. The van der Waals surface area contributed by atoms with Crippen LogP contribution in [-0.2, 0) is 0 Å². The molecule has 0 atom stereocenters. The minimum absolute atomic E-state index is 0.0626. The zero-order valence-corrected chi connectivity index (χ0v) is 11.2. The molecule has 0 fully saturated rings. The summed E-state index contributed by atoms with van der Waals surface area (Å²) >= 11 is 9.71. The van der Waals surface area contributed by atoms with Gasteiger partial charge in [-0.3, -0.25) is 10.1 Å². The lowest BCUT2D eigenvalue weighted by molar-refractivity contribution is -0.385. The third-order valence-corrected chi connectivity index (χ3v) is 5.19. The quantitative estimate of drug-likeness (QED) is 0.421. The highest BCUT2D eigenvalue weighted by atomic mass is 79.9. The lowest BCUT2D eigenvalue weighted by atomic mass is 10.2. The SMILES string of the molecule is Cc1cc([N+](=O)[O-])c(Br)c(Br)c1Br. The summed E-state index contributed by atoms with van der Waals surface area (Å²) in [4.78, 5) is 10.2. The number of rotatable bonds is 1. The lowest BCUT2D eigenvalue weighted by Gasteiger charge is -2.04. The maximum absolute atomic E-state index is 10.6.